The molecule has 0 spiro atoms. The Morgan fingerprint density at radius 1 is 0.905 bits per heavy atom. The van der Waals surface area contributed by atoms with E-state index in [1.165, 1.54) is 5.56 Å². The number of unbranched alkanes of at least 4 members (excludes halogenated alkanes) is 1. The van der Waals surface area contributed by atoms with Crippen molar-refractivity contribution in [3.8, 4) is 0 Å². The van der Waals surface area contributed by atoms with Gasteiger partial charge in [-0.05, 0) is 48.9 Å². The second-order valence-corrected chi connectivity index (χ2v) is 7.34. The van der Waals surface area contributed by atoms with Crippen LogP contribution in [0.1, 0.15) is 24.5 Å². The molecule has 0 unspecified atom stereocenters. The van der Waals surface area contributed by atoms with Crippen molar-refractivity contribution in [3.63, 3.8) is 0 Å². The van der Waals surface area contributed by atoms with Crippen molar-refractivity contribution >= 4 is 9.84 Å². The maximum Gasteiger partial charge on any atom is 0.178 e. The summed E-state index contributed by atoms with van der Waals surface area (Å²) in [5.41, 5.74) is 2.50. The second-order valence-electron chi connectivity index (χ2n) is 5.06. The summed E-state index contributed by atoms with van der Waals surface area (Å²) in [4.78, 5) is 0.415. The van der Waals surface area contributed by atoms with E-state index in [0.717, 1.165) is 24.8 Å². The number of hydrogen-bond donors (Lipinski definition) is 0. The average Bonchev–Trinajstić information content (AvgIpc) is 2.53. The molecule has 111 valence electrons. The molecule has 0 fully saturated rings. The van der Waals surface area contributed by atoms with Gasteiger partial charge in [0.25, 0.3) is 0 Å². The molecule has 2 rings (SSSR count). The van der Waals surface area contributed by atoms with Gasteiger partial charge in [0, 0.05) is 0 Å². The predicted molar refractivity (Wildman–Crippen MR) is 86.9 cm³/mol. The minimum absolute atomic E-state index is 0.148. The smallest absolute Gasteiger partial charge is 0.178 e. The fourth-order valence-electron chi connectivity index (χ4n) is 2.18. The van der Waals surface area contributed by atoms with E-state index in [1.807, 2.05) is 18.2 Å². The highest BCUT2D eigenvalue weighted by atomic mass is 32.2. The highest BCUT2D eigenvalue weighted by Crippen LogP contribution is 2.14. The Hall–Kier alpha value is -1.61. The average molecular weight is 301 g/mol. The fraction of sp³-hybridized carbons (Fsp3) is 0.278. The number of benzene rings is 2. The summed E-state index contributed by atoms with van der Waals surface area (Å²) >= 11 is 0. The molecule has 0 amide bonds. The first kappa shape index (κ1) is 15.8. The SMILES string of the molecule is CCS(=O)(=O)c1ccc(C[CH]CCc2ccccc2)cc1. The van der Waals surface area contributed by atoms with Gasteiger partial charge in [-0.2, -0.15) is 0 Å². The zero-order valence-corrected chi connectivity index (χ0v) is 13.1. The zero-order valence-electron chi connectivity index (χ0n) is 12.3. The topological polar surface area (TPSA) is 34.1 Å². The van der Waals surface area contributed by atoms with Crippen molar-refractivity contribution in [2.75, 3.05) is 5.75 Å². The van der Waals surface area contributed by atoms with Crippen molar-refractivity contribution in [3.05, 3.63) is 72.1 Å². The number of rotatable bonds is 7. The van der Waals surface area contributed by atoms with Gasteiger partial charge in [0.1, 0.15) is 0 Å². The third-order valence-corrected chi connectivity index (χ3v) is 5.27. The van der Waals surface area contributed by atoms with Crippen molar-refractivity contribution < 1.29 is 8.42 Å². The maximum atomic E-state index is 11.7. The first-order chi connectivity index (χ1) is 10.1. The van der Waals surface area contributed by atoms with Crippen molar-refractivity contribution in [2.45, 2.75) is 31.1 Å². The Balaban J connectivity index is 1.82. The molecule has 0 saturated heterocycles. The Morgan fingerprint density at radius 3 is 2.19 bits per heavy atom. The molecule has 0 heterocycles. The van der Waals surface area contributed by atoms with Crippen LogP contribution in [0.4, 0.5) is 0 Å². The van der Waals surface area contributed by atoms with E-state index in [1.54, 1.807) is 19.1 Å². The summed E-state index contributed by atoms with van der Waals surface area (Å²) in [5, 5.41) is 0. The molecule has 1 radical (unpaired) electrons. The van der Waals surface area contributed by atoms with E-state index >= 15 is 0 Å². The van der Waals surface area contributed by atoms with Gasteiger partial charge in [-0.1, -0.05) is 49.4 Å². The van der Waals surface area contributed by atoms with E-state index in [-0.39, 0.29) is 5.75 Å². The van der Waals surface area contributed by atoms with Crippen LogP contribution in [0.15, 0.2) is 59.5 Å². The lowest BCUT2D eigenvalue weighted by atomic mass is 10.0. The van der Waals surface area contributed by atoms with Crippen LogP contribution in [0.25, 0.3) is 0 Å². The molecule has 2 nitrogen and oxygen atoms in total. The van der Waals surface area contributed by atoms with E-state index in [0.29, 0.717) is 4.90 Å². The minimum atomic E-state index is -3.09. The Bertz CT molecular complexity index is 643. The van der Waals surface area contributed by atoms with Crippen LogP contribution < -0.4 is 0 Å². The number of sulfone groups is 1. The van der Waals surface area contributed by atoms with Crippen LogP contribution in [0.2, 0.25) is 0 Å². The molecule has 0 atom stereocenters. The summed E-state index contributed by atoms with van der Waals surface area (Å²) in [5.74, 6) is 0.148. The van der Waals surface area contributed by atoms with Crippen LogP contribution in [-0.4, -0.2) is 14.2 Å². The molecule has 0 aliphatic rings. The first-order valence-corrected chi connectivity index (χ1v) is 8.94. The van der Waals surface area contributed by atoms with Gasteiger partial charge in [-0.25, -0.2) is 8.42 Å². The van der Waals surface area contributed by atoms with E-state index in [2.05, 4.69) is 30.7 Å². The van der Waals surface area contributed by atoms with Crippen LogP contribution in [0.5, 0.6) is 0 Å². The highest BCUT2D eigenvalue weighted by Gasteiger charge is 2.10. The van der Waals surface area contributed by atoms with E-state index < -0.39 is 9.84 Å². The zero-order chi connectivity index (χ0) is 15.1. The summed E-state index contributed by atoms with van der Waals surface area (Å²) in [6, 6.07) is 17.6. The molecule has 0 aliphatic heterocycles. The Morgan fingerprint density at radius 2 is 1.57 bits per heavy atom. The molecule has 0 aliphatic carbocycles. The van der Waals surface area contributed by atoms with Crippen LogP contribution in [-0.2, 0) is 22.7 Å². The van der Waals surface area contributed by atoms with Gasteiger partial charge in [0.15, 0.2) is 9.84 Å². The predicted octanol–water partition coefficient (Wildman–Crippen LogP) is 3.86. The molecule has 21 heavy (non-hydrogen) atoms. The highest BCUT2D eigenvalue weighted by molar-refractivity contribution is 7.91. The second kappa shape index (κ2) is 7.41. The summed E-state index contributed by atoms with van der Waals surface area (Å²) in [7, 11) is -3.09. The summed E-state index contributed by atoms with van der Waals surface area (Å²) < 4.78 is 23.4. The Labute approximate surface area is 127 Å². The third kappa shape index (κ3) is 4.71. The molecule has 0 bridgehead atoms. The molecular formula is C18H21O2S. The normalized spacial score (nSPS) is 11.5. The van der Waals surface area contributed by atoms with Crippen LogP contribution in [0.3, 0.4) is 0 Å². The molecule has 2 aromatic carbocycles. The van der Waals surface area contributed by atoms with Gasteiger partial charge in [-0.15, -0.1) is 0 Å². The molecule has 0 aromatic heterocycles. The number of aryl methyl sites for hydroxylation is 1. The van der Waals surface area contributed by atoms with Crippen molar-refractivity contribution in [1.29, 1.82) is 0 Å². The lowest BCUT2D eigenvalue weighted by Crippen LogP contribution is -2.03. The summed E-state index contributed by atoms with van der Waals surface area (Å²) in [6.45, 7) is 1.67. The monoisotopic (exact) mass is 301 g/mol. The van der Waals surface area contributed by atoms with Crippen LogP contribution in [0, 0.1) is 6.42 Å². The minimum Gasteiger partial charge on any atom is -0.224 e. The van der Waals surface area contributed by atoms with Gasteiger partial charge in [0.05, 0.1) is 10.6 Å². The fourth-order valence-corrected chi connectivity index (χ4v) is 3.07. The third-order valence-electron chi connectivity index (χ3n) is 3.52. The van der Waals surface area contributed by atoms with Crippen LogP contribution >= 0.6 is 0 Å². The molecule has 0 saturated carbocycles. The lowest BCUT2D eigenvalue weighted by Gasteiger charge is -2.05. The molecule has 0 N–H and O–H groups in total. The number of hydrogen-bond acceptors (Lipinski definition) is 2. The quantitative estimate of drug-likeness (QED) is 0.728. The maximum absolute atomic E-state index is 11.7. The molecule has 3 heteroatoms. The standard InChI is InChI=1S/C18H21O2S/c1-2-21(19,20)18-14-12-17(13-15-18)11-7-6-10-16-8-4-3-5-9-16/h3-5,7-9,12-15H,2,6,10-11H2,1H3. The van der Waals surface area contributed by atoms with Gasteiger partial charge in [0.2, 0.25) is 0 Å². The van der Waals surface area contributed by atoms with Gasteiger partial charge >= 0.3 is 0 Å². The van der Waals surface area contributed by atoms with E-state index in [9.17, 15) is 8.42 Å². The lowest BCUT2D eigenvalue weighted by molar-refractivity contribution is 0.597. The van der Waals surface area contributed by atoms with E-state index in [4.69, 9.17) is 0 Å². The Kier molecular flexibility index (Phi) is 5.57. The first-order valence-electron chi connectivity index (χ1n) is 7.29. The largest absolute Gasteiger partial charge is 0.224 e. The van der Waals surface area contributed by atoms with Crippen molar-refractivity contribution in [1.82, 2.24) is 0 Å². The molecular weight excluding hydrogens is 280 g/mol. The molecule has 2 aromatic rings. The van der Waals surface area contributed by atoms with Gasteiger partial charge in [-0.3, -0.25) is 0 Å². The summed E-state index contributed by atoms with van der Waals surface area (Å²) in [6.07, 6.45) is 5.19. The van der Waals surface area contributed by atoms with Crippen molar-refractivity contribution in [2.24, 2.45) is 0 Å². The van der Waals surface area contributed by atoms with Gasteiger partial charge < -0.3 is 0 Å².